The van der Waals surface area contributed by atoms with Crippen LogP contribution in [0, 0.1) is 0 Å². The molecule has 0 aliphatic carbocycles. The van der Waals surface area contributed by atoms with Gasteiger partial charge in [-0.15, -0.1) is 0 Å². The summed E-state index contributed by atoms with van der Waals surface area (Å²) < 4.78 is 61.1. The molecule has 2 rings (SSSR count). The van der Waals surface area contributed by atoms with Crippen LogP contribution in [0.3, 0.4) is 0 Å². The summed E-state index contributed by atoms with van der Waals surface area (Å²) >= 11 is 5.62. The number of aromatic nitrogens is 1. The molecular formula is C11H12ClF3N2O2S. The molecule has 2 heterocycles. The number of sulfone groups is 1. The first-order valence-electron chi connectivity index (χ1n) is 5.87. The second-order valence-corrected chi connectivity index (χ2v) is 7.22. The van der Waals surface area contributed by atoms with E-state index >= 15 is 0 Å². The van der Waals surface area contributed by atoms with Crippen molar-refractivity contribution in [3.05, 3.63) is 22.8 Å². The lowest BCUT2D eigenvalue weighted by atomic mass is 10.2. The van der Waals surface area contributed by atoms with Crippen LogP contribution in [0.25, 0.3) is 0 Å². The molecule has 0 atom stereocenters. The first-order valence-corrected chi connectivity index (χ1v) is 8.07. The molecule has 0 amide bonds. The third-order valence-electron chi connectivity index (χ3n) is 2.99. The lowest BCUT2D eigenvalue weighted by molar-refractivity contribution is -0.137. The maximum Gasteiger partial charge on any atom is 0.416 e. The maximum atomic E-state index is 12.7. The van der Waals surface area contributed by atoms with Crippen LogP contribution in [0.1, 0.15) is 12.0 Å². The molecule has 9 heteroatoms. The van der Waals surface area contributed by atoms with E-state index in [1.54, 1.807) is 0 Å². The summed E-state index contributed by atoms with van der Waals surface area (Å²) in [5, 5.41) is -0.262. The molecule has 1 aromatic rings. The average molecular weight is 329 g/mol. The Morgan fingerprint density at radius 3 is 2.55 bits per heavy atom. The van der Waals surface area contributed by atoms with Crippen LogP contribution >= 0.6 is 11.6 Å². The summed E-state index contributed by atoms with van der Waals surface area (Å²) in [6.45, 7) is 0.455. The van der Waals surface area contributed by atoms with Crippen LogP contribution in [0.5, 0.6) is 0 Å². The summed E-state index contributed by atoms with van der Waals surface area (Å²) in [7, 11) is -3.13. The van der Waals surface area contributed by atoms with Crippen LogP contribution in [0.15, 0.2) is 12.1 Å². The first-order chi connectivity index (χ1) is 9.17. The molecule has 112 valence electrons. The lowest BCUT2D eigenvalue weighted by Crippen LogP contribution is -2.28. The fraction of sp³-hybridized carbons (Fsp3) is 0.545. The van der Waals surface area contributed by atoms with Crippen LogP contribution in [-0.4, -0.2) is 38.0 Å². The van der Waals surface area contributed by atoms with Gasteiger partial charge >= 0.3 is 6.18 Å². The zero-order chi connectivity index (χ0) is 15.0. The van der Waals surface area contributed by atoms with Crippen molar-refractivity contribution < 1.29 is 21.6 Å². The van der Waals surface area contributed by atoms with Gasteiger partial charge in [-0.1, -0.05) is 11.6 Å². The van der Waals surface area contributed by atoms with Crippen LogP contribution in [0.4, 0.5) is 19.0 Å². The quantitative estimate of drug-likeness (QED) is 0.743. The van der Waals surface area contributed by atoms with Crippen molar-refractivity contribution in [3.8, 4) is 0 Å². The number of rotatable bonds is 1. The average Bonchev–Trinajstić information content (AvgIpc) is 2.48. The molecule has 0 spiro atoms. The molecular weight excluding hydrogens is 317 g/mol. The third kappa shape index (κ3) is 3.76. The van der Waals surface area contributed by atoms with Crippen LogP contribution in [0.2, 0.25) is 5.15 Å². The van der Waals surface area contributed by atoms with E-state index in [0.717, 1.165) is 12.1 Å². The zero-order valence-electron chi connectivity index (χ0n) is 10.3. The van der Waals surface area contributed by atoms with Crippen LogP contribution in [-0.2, 0) is 16.0 Å². The van der Waals surface area contributed by atoms with Crippen molar-refractivity contribution in [2.24, 2.45) is 0 Å². The van der Waals surface area contributed by atoms with E-state index in [1.165, 1.54) is 4.90 Å². The number of halogens is 4. The predicted octanol–water partition coefficient (Wildman–Crippen LogP) is 2.38. The SMILES string of the molecule is O=S1(=O)CCCN(c2cc(C(F)(F)F)cc(Cl)n2)CC1. The largest absolute Gasteiger partial charge is 0.416 e. The Kier molecular flexibility index (Phi) is 4.15. The van der Waals surface area contributed by atoms with E-state index in [2.05, 4.69) is 4.98 Å². The van der Waals surface area contributed by atoms with Crippen molar-refractivity contribution >= 4 is 27.3 Å². The second kappa shape index (κ2) is 5.40. The van der Waals surface area contributed by atoms with Gasteiger partial charge in [-0.25, -0.2) is 13.4 Å². The Hall–Kier alpha value is -1.02. The third-order valence-corrected chi connectivity index (χ3v) is 4.90. The lowest BCUT2D eigenvalue weighted by Gasteiger charge is -2.22. The number of nitrogens with zero attached hydrogens (tertiary/aromatic N) is 2. The maximum absolute atomic E-state index is 12.7. The van der Waals surface area contributed by atoms with E-state index < -0.39 is 21.6 Å². The van der Waals surface area contributed by atoms with Crippen molar-refractivity contribution in [3.63, 3.8) is 0 Å². The van der Waals surface area contributed by atoms with Gasteiger partial charge in [0.25, 0.3) is 0 Å². The van der Waals surface area contributed by atoms with Gasteiger partial charge in [0.05, 0.1) is 17.1 Å². The zero-order valence-corrected chi connectivity index (χ0v) is 11.9. The molecule has 0 unspecified atom stereocenters. The standard InChI is InChI=1S/C11H12ClF3N2O2S/c12-9-6-8(11(13,14)15)7-10(16-9)17-2-1-4-20(18,19)5-3-17/h6-7H,1-5H2. The summed E-state index contributed by atoms with van der Waals surface area (Å²) in [4.78, 5) is 5.38. The summed E-state index contributed by atoms with van der Waals surface area (Å²) in [5.74, 6) is 0.000531. The molecule has 0 aromatic carbocycles. The molecule has 1 aliphatic heterocycles. The minimum atomic E-state index is -4.51. The van der Waals surface area contributed by atoms with Crippen molar-refractivity contribution in [2.45, 2.75) is 12.6 Å². The second-order valence-electron chi connectivity index (χ2n) is 4.53. The topological polar surface area (TPSA) is 50.3 Å². The molecule has 1 fully saturated rings. The van der Waals surface area contributed by atoms with Gasteiger partial charge < -0.3 is 4.90 Å². The number of pyridine rings is 1. The minimum absolute atomic E-state index is 0.0379. The summed E-state index contributed by atoms with van der Waals surface area (Å²) in [5.41, 5.74) is -0.889. The highest BCUT2D eigenvalue weighted by molar-refractivity contribution is 7.91. The molecule has 1 saturated heterocycles. The molecule has 0 radical (unpaired) electrons. The van der Waals surface area contributed by atoms with Crippen molar-refractivity contribution in [2.75, 3.05) is 29.5 Å². The van der Waals surface area contributed by atoms with Crippen molar-refractivity contribution in [1.82, 2.24) is 4.98 Å². The highest BCUT2D eigenvalue weighted by atomic mass is 35.5. The van der Waals surface area contributed by atoms with E-state index in [9.17, 15) is 21.6 Å². The minimum Gasteiger partial charge on any atom is -0.356 e. The fourth-order valence-corrected chi connectivity index (χ4v) is 3.45. The first kappa shape index (κ1) is 15.4. The molecule has 1 aliphatic rings. The normalized spacial score (nSPS) is 19.7. The molecule has 1 aromatic heterocycles. The number of hydrogen-bond donors (Lipinski definition) is 0. The predicted molar refractivity (Wildman–Crippen MR) is 69.7 cm³/mol. The van der Waals surface area contributed by atoms with E-state index in [1.807, 2.05) is 0 Å². The Morgan fingerprint density at radius 2 is 1.90 bits per heavy atom. The van der Waals surface area contributed by atoms with Gasteiger partial charge in [0.2, 0.25) is 0 Å². The number of hydrogen-bond acceptors (Lipinski definition) is 4. The number of anilines is 1. The molecule has 4 nitrogen and oxygen atoms in total. The Bertz CT molecular complexity index is 604. The van der Waals surface area contributed by atoms with E-state index in [4.69, 9.17) is 11.6 Å². The highest BCUT2D eigenvalue weighted by Crippen LogP contribution is 2.33. The molecule has 0 N–H and O–H groups in total. The van der Waals surface area contributed by atoms with Crippen LogP contribution < -0.4 is 4.90 Å². The molecule has 20 heavy (non-hydrogen) atoms. The molecule has 0 saturated carbocycles. The number of alkyl halides is 3. The van der Waals surface area contributed by atoms with Gasteiger partial charge in [-0.05, 0) is 18.6 Å². The van der Waals surface area contributed by atoms with Gasteiger partial charge in [0.15, 0.2) is 9.84 Å². The molecule has 0 bridgehead atoms. The monoisotopic (exact) mass is 328 g/mol. The Morgan fingerprint density at radius 1 is 1.20 bits per heavy atom. The van der Waals surface area contributed by atoms with Crippen molar-refractivity contribution in [1.29, 1.82) is 0 Å². The fourth-order valence-electron chi connectivity index (χ4n) is 1.98. The van der Waals surface area contributed by atoms with Gasteiger partial charge in [-0.2, -0.15) is 13.2 Å². The van der Waals surface area contributed by atoms with Gasteiger partial charge in [0.1, 0.15) is 11.0 Å². The Balaban J connectivity index is 2.31. The van der Waals surface area contributed by atoms with Gasteiger partial charge in [-0.3, -0.25) is 0 Å². The highest BCUT2D eigenvalue weighted by Gasteiger charge is 2.32. The summed E-state index contributed by atoms with van der Waals surface area (Å²) in [6.07, 6.45) is -4.16. The van der Waals surface area contributed by atoms with E-state index in [0.29, 0.717) is 13.0 Å². The van der Waals surface area contributed by atoms with E-state index in [-0.39, 0.29) is 29.0 Å². The smallest absolute Gasteiger partial charge is 0.356 e. The summed E-state index contributed by atoms with van der Waals surface area (Å²) in [6, 6.07) is 1.64. The Labute approximate surface area is 119 Å². The van der Waals surface area contributed by atoms with Gasteiger partial charge in [0, 0.05) is 13.1 Å².